The van der Waals surface area contributed by atoms with Crippen molar-refractivity contribution in [3.05, 3.63) is 47.6 Å². The first-order chi connectivity index (χ1) is 19.7. The SMILES string of the molecule is C=C(C)C1CCC2(C(=O)O)CCC3(C)C(CCC4C5(C)CC(=Cc6ccccc6OC)C(=O)C(C)(C)C5CCC43C)C12. The summed E-state index contributed by atoms with van der Waals surface area (Å²) in [6.45, 7) is 18.5. The van der Waals surface area contributed by atoms with Gasteiger partial charge in [-0.15, -0.1) is 0 Å². The van der Waals surface area contributed by atoms with Gasteiger partial charge in [-0.25, -0.2) is 0 Å². The zero-order valence-electron chi connectivity index (χ0n) is 27.0. The number of rotatable bonds is 4. The van der Waals surface area contributed by atoms with Gasteiger partial charge in [-0.1, -0.05) is 65.0 Å². The van der Waals surface area contributed by atoms with Gasteiger partial charge in [0.15, 0.2) is 5.78 Å². The molecule has 9 atom stereocenters. The van der Waals surface area contributed by atoms with Crippen LogP contribution >= 0.6 is 0 Å². The van der Waals surface area contributed by atoms with E-state index in [4.69, 9.17) is 4.74 Å². The minimum Gasteiger partial charge on any atom is -0.496 e. The minimum absolute atomic E-state index is 0.00297. The number of aliphatic carboxylic acids is 1. The Kier molecular flexibility index (Phi) is 6.77. The van der Waals surface area contributed by atoms with E-state index in [9.17, 15) is 14.7 Å². The first-order valence-electron chi connectivity index (χ1n) is 16.4. The van der Waals surface area contributed by atoms with Crippen molar-refractivity contribution in [3.63, 3.8) is 0 Å². The first-order valence-corrected chi connectivity index (χ1v) is 16.4. The molecule has 6 rings (SSSR count). The number of para-hydroxylation sites is 1. The number of carboxylic acids is 1. The topological polar surface area (TPSA) is 63.6 Å². The summed E-state index contributed by atoms with van der Waals surface area (Å²) < 4.78 is 5.66. The van der Waals surface area contributed by atoms with E-state index in [2.05, 4.69) is 54.2 Å². The van der Waals surface area contributed by atoms with Gasteiger partial charge in [-0.05, 0) is 128 Å². The average Bonchev–Trinajstić information content (AvgIpc) is 3.34. The Morgan fingerprint density at radius 2 is 1.67 bits per heavy atom. The lowest BCUT2D eigenvalue weighted by atomic mass is 9.32. The second kappa shape index (κ2) is 9.57. The molecule has 42 heavy (non-hydrogen) atoms. The van der Waals surface area contributed by atoms with Crippen LogP contribution in [0, 0.1) is 56.7 Å². The molecule has 1 aromatic carbocycles. The minimum atomic E-state index is -0.595. The predicted molar refractivity (Wildman–Crippen MR) is 168 cm³/mol. The first kappa shape index (κ1) is 29.7. The van der Waals surface area contributed by atoms with Gasteiger partial charge >= 0.3 is 5.97 Å². The highest BCUT2D eigenvalue weighted by molar-refractivity contribution is 6.04. The second-order valence-electron chi connectivity index (χ2n) is 16.3. The van der Waals surface area contributed by atoms with Crippen LogP contribution in [-0.2, 0) is 9.59 Å². The smallest absolute Gasteiger partial charge is 0.309 e. The van der Waals surface area contributed by atoms with E-state index in [-0.39, 0.29) is 22.2 Å². The van der Waals surface area contributed by atoms with Crippen molar-refractivity contribution in [2.75, 3.05) is 7.11 Å². The quantitative estimate of drug-likeness (QED) is 0.289. The maximum atomic E-state index is 14.1. The van der Waals surface area contributed by atoms with Gasteiger partial charge < -0.3 is 9.84 Å². The van der Waals surface area contributed by atoms with Crippen LogP contribution in [0.4, 0.5) is 0 Å². The third-order valence-electron chi connectivity index (χ3n) is 14.5. The number of carbonyl (C=O) groups is 2. The lowest BCUT2D eigenvalue weighted by Gasteiger charge is -2.72. The summed E-state index contributed by atoms with van der Waals surface area (Å²) in [6, 6.07) is 8.01. The van der Waals surface area contributed by atoms with Crippen molar-refractivity contribution in [3.8, 4) is 5.75 Å². The number of ether oxygens (including phenoxy) is 1. The molecule has 5 fully saturated rings. The zero-order chi connectivity index (χ0) is 30.5. The van der Waals surface area contributed by atoms with Crippen LogP contribution in [0.1, 0.15) is 105 Å². The maximum absolute atomic E-state index is 14.1. The number of carboxylic acid groups (broad SMARTS) is 1. The summed E-state index contributed by atoms with van der Waals surface area (Å²) in [5.74, 6) is 2.23. The molecule has 5 aliphatic carbocycles. The molecule has 0 spiro atoms. The molecule has 0 bridgehead atoms. The number of benzene rings is 1. The van der Waals surface area contributed by atoms with Gasteiger partial charge in [0.05, 0.1) is 12.5 Å². The summed E-state index contributed by atoms with van der Waals surface area (Å²) in [7, 11) is 1.69. The van der Waals surface area contributed by atoms with Crippen molar-refractivity contribution in [2.45, 2.75) is 99.3 Å². The van der Waals surface area contributed by atoms with Gasteiger partial charge in [0.1, 0.15) is 5.75 Å². The van der Waals surface area contributed by atoms with Crippen LogP contribution in [0.2, 0.25) is 0 Å². The fourth-order valence-corrected chi connectivity index (χ4v) is 12.5. The highest BCUT2D eigenvalue weighted by atomic mass is 16.5. The number of fused-ring (bicyclic) bond motifs is 7. The molecule has 0 aromatic heterocycles. The molecule has 0 radical (unpaired) electrons. The Balaban J connectivity index is 1.42. The molecular formula is C38H52O4. The largest absolute Gasteiger partial charge is 0.496 e. The van der Waals surface area contributed by atoms with Crippen LogP contribution in [0.15, 0.2) is 42.0 Å². The van der Waals surface area contributed by atoms with Crippen molar-refractivity contribution < 1.29 is 19.4 Å². The van der Waals surface area contributed by atoms with E-state index in [1.165, 1.54) is 5.57 Å². The van der Waals surface area contributed by atoms with E-state index >= 15 is 0 Å². The van der Waals surface area contributed by atoms with Crippen molar-refractivity contribution in [1.29, 1.82) is 0 Å². The Bertz CT molecular complexity index is 1350. The molecule has 9 unspecified atom stereocenters. The van der Waals surface area contributed by atoms with E-state index in [1.807, 2.05) is 24.3 Å². The van der Waals surface area contributed by atoms with Gasteiger partial charge in [0.2, 0.25) is 0 Å². The van der Waals surface area contributed by atoms with E-state index in [1.54, 1.807) is 7.11 Å². The summed E-state index contributed by atoms with van der Waals surface area (Å²) >= 11 is 0. The predicted octanol–water partition coefficient (Wildman–Crippen LogP) is 9.00. The highest BCUT2D eigenvalue weighted by Crippen LogP contribution is 2.77. The average molecular weight is 573 g/mol. The van der Waals surface area contributed by atoms with E-state index in [0.29, 0.717) is 29.5 Å². The molecule has 228 valence electrons. The number of methoxy groups -OCH3 is 1. The number of hydrogen-bond donors (Lipinski definition) is 1. The van der Waals surface area contributed by atoms with Gasteiger partial charge in [-0.2, -0.15) is 0 Å². The molecule has 4 nitrogen and oxygen atoms in total. The molecule has 4 heteroatoms. The molecule has 1 aromatic rings. The van der Waals surface area contributed by atoms with Crippen molar-refractivity contribution in [2.24, 2.45) is 56.7 Å². The van der Waals surface area contributed by atoms with Crippen molar-refractivity contribution >= 4 is 17.8 Å². The van der Waals surface area contributed by atoms with Crippen LogP contribution < -0.4 is 4.74 Å². The molecule has 0 heterocycles. The molecule has 5 saturated carbocycles. The zero-order valence-corrected chi connectivity index (χ0v) is 27.0. The molecule has 1 N–H and O–H groups in total. The highest BCUT2D eigenvalue weighted by Gasteiger charge is 2.72. The molecule has 5 aliphatic rings. The number of carbonyl (C=O) groups excluding carboxylic acids is 1. The van der Waals surface area contributed by atoms with Crippen LogP contribution in [0.5, 0.6) is 5.75 Å². The second-order valence-corrected chi connectivity index (χ2v) is 16.3. The fraction of sp³-hybridized carbons (Fsp3) is 0.684. The van der Waals surface area contributed by atoms with Gasteiger partial charge in [0, 0.05) is 11.0 Å². The van der Waals surface area contributed by atoms with E-state index < -0.39 is 16.8 Å². The Morgan fingerprint density at radius 1 is 0.952 bits per heavy atom. The summed E-state index contributed by atoms with van der Waals surface area (Å²) in [5, 5.41) is 10.7. The number of Topliss-reactive ketones (excluding diaryl/α,β-unsaturated/α-hetero) is 1. The Morgan fingerprint density at radius 3 is 2.33 bits per heavy atom. The molecular weight excluding hydrogens is 520 g/mol. The molecule has 0 saturated heterocycles. The summed E-state index contributed by atoms with van der Waals surface area (Å²) in [4.78, 5) is 27.1. The fourth-order valence-electron chi connectivity index (χ4n) is 12.5. The van der Waals surface area contributed by atoms with Crippen LogP contribution in [0.3, 0.4) is 0 Å². The normalized spacial score (nSPS) is 44.9. The van der Waals surface area contributed by atoms with E-state index in [0.717, 1.165) is 74.7 Å². The third kappa shape index (κ3) is 3.71. The summed E-state index contributed by atoms with van der Waals surface area (Å²) in [5.41, 5.74) is 2.23. The van der Waals surface area contributed by atoms with Crippen molar-refractivity contribution in [1.82, 2.24) is 0 Å². The molecule has 0 aliphatic heterocycles. The standard InChI is InChI=1S/C38H52O4/c1-23(2)26-15-18-38(33(40)41)20-19-36(6)27(31(26)38)13-14-30-35(5)22-25(21-24-11-9-10-12-28(24)42-8)32(39)34(3,4)29(35)16-17-37(30,36)7/h9-12,21,26-27,29-31H,1,13-20,22H2,2-8H3,(H,40,41). The number of ketones is 1. The van der Waals surface area contributed by atoms with Gasteiger partial charge in [-0.3, -0.25) is 9.59 Å². The van der Waals surface area contributed by atoms with Crippen LogP contribution in [-0.4, -0.2) is 24.0 Å². The maximum Gasteiger partial charge on any atom is 0.309 e. The van der Waals surface area contributed by atoms with Crippen LogP contribution in [0.25, 0.3) is 6.08 Å². The number of allylic oxidation sites excluding steroid dienone is 2. The Labute approximate surface area is 253 Å². The monoisotopic (exact) mass is 572 g/mol. The lowest BCUT2D eigenvalue weighted by Crippen LogP contribution is -2.67. The third-order valence-corrected chi connectivity index (χ3v) is 14.5. The number of hydrogen-bond acceptors (Lipinski definition) is 3. The molecule has 0 amide bonds. The summed E-state index contributed by atoms with van der Waals surface area (Å²) in [6.07, 6.45) is 10.8. The Hall–Kier alpha value is -2.36. The lowest BCUT2D eigenvalue weighted by molar-refractivity contribution is -0.231. The van der Waals surface area contributed by atoms with Gasteiger partial charge in [0.25, 0.3) is 0 Å².